The minimum Gasteiger partial charge on any atom is -0.335 e. The first kappa shape index (κ1) is 11.3. The van der Waals surface area contributed by atoms with Crippen LogP contribution in [0.5, 0.6) is 0 Å². The summed E-state index contributed by atoms with van der Waals surface area (Å²) in [6.07, 6.45) is 11.6. The third-order valence-corrected chi connectivity index (χ3v) is 2.56. The molecule has 0 unspecified atom stereocenters. The van der Waals surface area contributed by atoms with Crippen molar-refractivity contribution in [3.63, 3.8) is 0 Å². The van der Waals surface area contributed by atoms with Crippen LogP contribution in [0.15, 0.2) is 12.4 Å². The normalized spacial score (nSPS) is 10.7. The third kappa shape index (κ3) is 3.52. The van der Waals surface area contributed by atoms with E-state index in [1.54, 1.807) is 0 Å². The van der Waals surface area contributed by atoms with Crippen LogP contribution in [0.2, 0.25) is 0 Å². The number of unbranched alkanes of at least 4 members (excludes halogenated alkanes) is 3. The van der Waals surface area contributed by atoms with Gasteiger partial charge in [-0.3, -0.25) is 0 Å². The van der Waals surface area contributed by atoms with Gasteiger partial charge in [0, 0.05) is 25.4 Å². The van der Waals surface area contributed by atoms with Gasteiger partial charge in [0.1, 0.15) is 5.82 Å². The molecule has 2 nitrogen and oxygen atoms in total. The summed E-state index contributed by atoms with van der Waals surface area (Å²) in [5, 5.41) is 0. The third-order valence-electron chi connectivity index (χ3n) is 2.56. The van der Waals surface area contributed by atoms with Crippen molar-refractivity contribution < 1.29 is 0 Å². The second kappa shape index (κ2) is 6.63. The Morgan fingerprint density at radius 2 is 1.93 bits per heavy atom. The highest BCUT2D eigenvalue weighted by Gasteiger charge is 2.00. The molecule has 0 aliphatic rings. The Hall–Kier alpha value is -0.790. The van der Waals surface area contributed by atoms with E-state index >= 15 is 0 Å². The summed E-state index contributed by atoms with van der Waals surface area (Å²) in [6, 6.07) is 0. The predicted octanol–water partition coefficient (Wildman–Crippen LogP) is 3.42. The molecule has 0 saturated carbocycles. The van der Waals surface area contributed by atoms with E-state index in [-0.39, 0.29) is 0 Å². The highest BCUT2D eigenvalue weighted by molar-refractivity contribution is 4.92. The maximum Gasteiger partial charge on any atom is 0.108 e. The summed E-state index contributed by atoms with van der Waals surface area (Å²) in [4.78, 5) is 4.40. The van der Waals surface area contributed by atoms with Crippen molar-refractivity contribution in [2.45, 2.75) is 58.9 Å². The summed E-state index contributed by atoms with van der Waals surface area (Å²) >= 11 is 0. The lowest BCUT2D eigenvalue weighted by Gasteiger charge is -2.06. The molecule has 0 N–H and O–H groups in total. The van der Waals surface area contributed by atoms with Gasteiger partial charge in [0.25, 0.3) is 0 Å². The van der Waals surface area contributed by atoms with Gasteiger partial charge < -0.3 is 4.57 Å². The Morgan fingerprint density at radius 3 is 2.64 bits per heavy atom. The molecular weight excluding hydrogens is 172 g/mol. The minimum absolute atomic E-state index is 1.13. The van der Waals surface area contributed by atoms with E-state index in [4.69, 9.17) is 0 Å². The minimum atomic E-state index is 1.13. The maximum absolute atomic E-state index is 4.40. The molecule has 80 valence electrons. The molecule has 0 aliphatic carbocycles. The van der Waals surface area contributed by atoms with Gasteiger partial charge in [-0.2, -0.15) is 0 Å². The summed E-state index contributed by atoms with van der Waals surface area (Å²) in [7, 11) is 0. The van der Waals surface area contributed by atoms with Crippen molar-refractivity contribution in [3.05, 3.63) is 18.2 Å². The molecule has 1 aromatic rings. The van der Waals surface area contributed by atoms with Crippen molar-refractivity contribution >= 4 is 0 Å². The second-order valence-electron chi connectivity index (χ2n) is 3.85. The molecule has 2 heteroatoms. The van der Waals surface area contributed by atoms with Crippen LogP contribution in [-0.2, 0) is 13.0 Å². The lowest BCUT2D eigenvalue weighted by molar-refractivity contribution is 0.572. The molecular formula is C12H22N2. The van der Waals surface area contributed by atoms with Gasteiger partial charge in [0.2, 0.25) is 0 Å². The van der Waals surface area contributed by atoms with Crippen LogP contribution in [0.1, 0.15) is 51.8 Å². The Kier molecular flexibility index (Phi) is 5.35. The Morgan fingerprint density at radius 1 is 1.14 bits per heavy atom. The zero-order valence-electron chi connectivity index (χ0n) is 9.50. The average molecular weight is 194 g/mol. The topological polar surface area (TPSA) is 17.8 Å². The summed E-state index contributed by atoms with van der Waals surface area (Å²) in [5.41, 5.74) is 0. The molecule has 0 atom stereocenters. The van der Waals surface area contributed by atoms with Gasteiger partial charge >= 0.3 is 0 Å². The van der Waals surface area contributed by atoms with E-state index in [0.717, 1.165) is 13.0 Å². The number of nitrogens with zero attached hydrogens (tertiary/aromatic N) is 2. The second-order valence-corrected chi connectivity index (χ2v) is 3.85. The molecule has 0 amide bonds. The Labute approximate surface area is 87.4 Å². The van der Waals surface area contributed by atoms with Crippen molar-refractivity contribution in [1.82, 2.24) is 9.55 Å². The number of hydrogen-bond donors (Lipinski definition) is 0. The van der Waals surface area contributed by atoms with Gasteiger partial charge in [0.15, 0.2) is 0 Å². The first-order valence-electron chi connectivity index (χ1n) is 5.88. The molecule has 1 heterocycles. The SMILES string of the molecule is CCCCCn1ccnc1CCCC. The van der Waals surface area contributed by atoms with E-state index in [9.17, 15) is 0 Å². The van der Waals surface area contributed by atoms with Crippen LogP contribution in [0.3, 0.4) is 0 Å². The number of rotatable bonds is 7. The van der Waals surface area contributed by atoms with Gasteiger partial charge in [-0.05, 0) is 12.8 Å². The molecule has 0 spiro atoms. The van der Waals surface area contributed by atoms with Gasteiger partial charge in [-0.15, -0.1) is 0 Å². The number of imidazole rings is 1. The van der Waals surface area contributed by atoms with E-state index < -0.39 is 0 Å². The summed E-state index contributed by atoms with van der Waals surface area (Å²) < 4.78 is 2.31. The van der Waals surface area contributed by atoms with Gasteiger partial charge in [-0.25, -0.2) is 4.98 Å². The fourth-order valence-corrected chi connectivity index (χ4v) is 1.64. The highest BCUT2D eigenvalue weighted by atomic mass is 15.1. The molecule has 1 rings (SSSR count). The zero-order valence-corrected chi connectivity index (χ0v) is 9.50. The lowest BCUT2D eigenvalue weighted by atomic mass is 10.2. The summed E-state index contributed by atoms with van der Waals surface area (Å²) in [5.74, 6) is 1.27. The smallest absolute Gasteiger partial charge is 0.108 e. The maximum atomic E-state index is 4.40. The van der Waals surface area contributed by atoms with Gasteiger partial charge in [-0.1, -0.05) is 33.1 Å². The van der Waals surface area contributed by atoms with Crippen LogP contribution in [0.4, 0.5) is 0 Å². The largest absolute Gasteiger partial charge is 0.335 e. The van der Waals surface area contributed by atoms with E-state index in [1.807, 2.05) is 6.20 Å². The quantitative estimate of drug-likeness (QED) is 0.608. The standard InChI is InChI=1S/C12H22N2/c1-3-5-7-10-14-11-9-13-12(14)8-6-4-2/h9,11H,3-8,10H2,1-2H3. The Balaban J connectivity index is 2.37. The van der Waals surface area contributed by atoms with E-state index in [0.29, 0.717) is 0 Å². The van der Waals surface area contributed by atoms with Crippen molar-refractivity contribution in [2.24, 2.45) is 0 Å². The van der Waals surface area contributed by atoms with Crippen LogP contribution in [-0.4, -0.2) is 9.55 Å². The van der Waals surface area contributed by atoms with Crippen LogP contribution in [0, 0.1) is 0 Å². The fraction of sp³-hybridized carbons (Fsp3) is 0.750. The van der Waals surface area contributed by atoms with Crippen molar-refractivity contribution in [3.8, 4) is 0 Å². The zero-order chi connectivity index (χ0) is 10.2. The number of aromatic nitrogens is 2. The molecule has 0 saturated heterocycles. The lowest BCUT2D eigenvalue weighted by Crippen LogP contribution is -2.03. The van der Waals surface area contributed by atoms with Crippen LogP contribution < -0.4 is 0 Å². The van der Waals surface area contributed by atoms with E-state index in [1.165, 1.54) is 37.9 Å². The van der Waals surface area contributed by atoms with E-state index in [2.05, 4.69) is 29.6 Å². The molecule has 14 heavy (non-hydrogen) atoms. The van der Waals surface area contributed by atoms with Gasteiger partial charge in [0.05, 0.1) is 0 Å². The monoisotopic (exact) mass is 194 g/mol. The first-order valence-corrected chi connectivity index (χ1v) is 5.88. The molecule has 0 aromatic carbocycles. The molecule has 1 aromatic heterocycles. The van der Waals surface area contributed by atoms with Crippen molar-refractivity contribution in [1.29, 1.82) is 0 Å². The summed E-state index contributed by atoms with van der Waals surface area (Å²) in [6.45, 7) is 5.61. The Bertz CT molecular complexity index is 240. The fourth-order valence-electron chi connectivity index (χ4n) is 1.64. The predicted molar refractivity (Wildman–Crippen MR) is 60.4 cm³/mol. The molecule has 0 aliphatic heterocycles. The molecule has 0 radical (unpaired) electrons. The first-order chi connectivity index (χ1) is 6.88. The molecule has 0 fully saturated rings. The average Bonchev–Trinajstić information content (AvgIpc) is 2.63. The number of aryl methyl sites for hydroxylation is 2. The highest BCUT2D eigenvalue weighted by Crippen LogP contribution is 2.06. The number of hydrogen-bond acceptors (Lipinski definition) is 1. The molecule has 0 bridgehead atoms. The van der Waals surface area contributed by atoms with Crippen LogP contribution >= 0.6 is 0 Å². The van der Waals surface area contributed by atoms with Crippen LogP contribution in [0.25, 0.3) is 0 Å². The van der Waals surface area contributed by atoms with Crippen molar-refractivity contribution in [2.75, 3.05) is 0 Å².